The van der Waals surface area contributed by atoms with Gasteiger partial charge in [-0.2, -0.15) is 13.2 Å². The fourth-order valence-corrected chi connectivity index (χ4v) is 4.63. The highest BCUT2D eigenvalue weighted by atomic mass is 19.4. The van der Waals surface area contributed by atoms with Crippen LogP contribution in [-0.2, 0) is 14.9 Å². The molecule has 2 aliphatic heterocycles. The summed E-state index contributed by atoms with van der Waals surface area (Å²) >= 11 is 0. The van der Waals surface area contributed by atoms with Crippen LogP contribution in [0.5, 0.6) is 5.75 Å². The predicted molar refractivity (Wildman–Crippen MR) is 121 cm³/mol. The van der Waals surface area contributed by atoms with Crippen molar-refractivity contribution in [1.82, 2.24) is 4.90 Å². The Morgan fingerprint density at radius 3 is 2.18 bits per heavy atom. The third-order valence-electron chi connectivity index (χ3n) is 6.34. The smallest absolute Gasteiger partial charge is 0.471 e. The Morgan fingerprint density at radius 2 is 1.68 bits per heavy atom. The van der Waals surface area contributed by atoms with E-state index in [1.54, 1.807) is 20.8 Å². The van der Waals surface area contributed by atoms with E-state index in [1.807, 2.05) is 7.05 Å². The van der Waals surface area contributed by atoms with E-state index < -0.39 is 29.5 Å². The van der Waals surface area contributed by atoms with Gasteiger partial charge in [0.2, 0.25) is 0 Å². The third-order valence-corrected chi connectivity index (χ3v) is 6.34. The van der Waals surface area contributed by atoms with Crippen LogP contribution in [0.3, 0.4) is 0 Å². The number of hydrogen-bond donors (Lipinski definition) is 1. The summed E-state index contributed by atoms with van der Waals surface area (Å²) in [7, 11) is 2.01. The molecule has 2 heterocycles. The van der Waals surface area contributed by atoms with Crippen LogP contribution in [0.4, 0.5) is 18.9 Å². The molecule has 7 nitrogen and oxygen atoms in total. The zero-order valence-corrected chi connectivity index (χ0v) is 20.1. The van der Waals surface area contributed by atoms with E-state index in [9.17, 15) is 27.9 Å². The molecule has 0 aliphatic carbocycles. The summed E-state index contributed by atoms with van der Waals surface area (Å²) in [6, 6.07) is 1.90. The average Bonchev–Trinajstić information content (AvgIpc) is 2.74. The zero-order valence-electron chi connectivity index (χ0n) is 20.1. The molecule has 3 rings (SSSR count). The number of carboxylic acids is 1. The largest absolute Gasteiger partial charge is 0.490 e. The molecular formula is C24H33F3N2O5. The highest BCUT2D eigenvalue weighted by Gasteiger charge is 2.48. The fraction of sp³-hybridized carbons (Fsp3) is 0.667. The molecule has 10 heteroatoms. The first-order chi connectivity index (χ1) is 15.8. The van der Waals surface area contributed by atoms with Gasteiger partial charge in [0.15, 0.2) is 0 Å². The lowest BCUT2D eigenvalue weighted by Gasteiger charge is -2.39. The topological polar surface area (TPSA) is 79.3 Å². The van der Waals surface area contributed by atoms with E-state index in [4.69, 9.17) is 9.47 Å². The van der Waals surface area contributed by atoms with E-state index in [0.717, 1.165) is 25.9 Å². The van der Waals surface area contributed by atoms with Crippen LogP contribution in [0.15, 0.2) is 12.1 Å². The molecule has 0 unspecified atom stereocenters. The molecule has 2 saturated heterocycles. The number of ether oxygens (including phenoxy) is 2. The minimum atomic E-state index is -5.17. The van der Waals surface area contributed by atoms with Gasteiger partial charge in [0, 0.05) is 37.9 Å². The molecule has 0 radical (unpaired) electrons. The van der Waals surface area contributed by atoms with E-state index in [2.05, 4.69) is 4.90 Å². The monoisotopic (exact) mass is 486 g/mol. The molecule has 0 atom stereocenters. The van der Waals surface area contributed by atoms with Gasteiger partial charge >= 0.3 is 18.1 Å². The normalized spacial score (nSPS) is 19.1. The maximum Gasteiger partial charge on any atom is 0.471 e. The number of carboxylic acid groups (broad SMARTS) is 1. The van der Waals surface area contributed by atoms with Crippen LogP contribution in [0.25, 0.3) is 0 Å². The first-order valence-electron chi connectivity index (χ1n) is 11.5. The van der Waals surface area contributed by atoms with Crippen molar-refractivity contribution in [3.63, 3.8) is 0 Å². The van der Waals surface area contributed by atoms with Crippen LogP contribution in [0, 0.1) is 0 Å². The Labute approximate surface area is 197 Å². The number of benzene rings is 1. The lowest BCUT2D eigenvalue weighted by molar-refractivity contribution is -0.171. The molecule has 190 valence electrons. The second kappa shape index (κ2) is 10.1. The van der Waals surface area contributed by atoms with Crippen LogP contribution < -0.4 is 9.64 Å². The summed E-state index contributed by atoms with van der Waals surface area (Å²) in [4.78, 5) is 27.8. The van der Waals surface area contributed by atoms with Gasteiger partial charge in [-0.25, -0.2) is 4.79 Å². The first kappa shape index (κ1) is 26.3. The Balaban J connectivity index is 2.21. The van der Waals surface area contributed by atoms with Crippen molar-refractivity contribution < 1.29 is 37.3 Å². The molecule has 1 aromatic carbocycles. The number of hydrogen-bond acceptors (Lipinski definition) is 5. The quantitative estimate of drug-likeness (QED) is 0.671. The molecule has 0 saturated carbocycles. The number of amides is 1. The number of likely N-dealkylation sites (tertiary alicyclic amines) is 1. The highest BCUT2D eigenvalue weighted by Crippen LogP contribution is 2.45. The molecule has 34 heavy (non-hydrogen) atoms. The molecule has 0 spiro atoms. The molecule has 0 aromatic heterocycles. The summed E-state index contributed by atoms with van der Waals surface area (Å²) in [6.45, 7) is 7.33. The fourth-order valence-electron chi connectivity index (χ4n) is 4.63. The Bertz CT molecular complexity index is 899. The van der Waals surface area contributed by atoms with Gasteiger partial charge in [-0.05, 0) is 50.3 Å². The molecule has 1 aromatic rings. The van der Waals surface area contributed by atoms with Crippen molar-refractivity contribution in [2.24, 2.45) is 0 Å². The Morgan fingerprint density at radius 1 is 1.09 bits per heavy atom. The average molecular weight is 487 g/mol. The summed E-state index contributed by atoms with van der Waals surface area (Å²) < 4.78 is 53.0. The van der Waals surface area contributed by atoms with Gasteiger partial charge in [0.05, 0.1) is 11.3 Å². The maximum atomic E-state index is 13.8. The number of nitrogens with zero attached hydrogens (tertiary/aromatic N) is 2. The van der Waals surface area contributed by atoms with Crippen LogP contribution >= 0.6 is 0 Å². The number of rotatable bonds is 5. The van der Waals surface area contributed by atoms with Gasteiger partial charge in [-0.15, -0.1) is 0 Å². The molecule has 1 amide bonds. The van der Waals surface area contributed by atoms with Crippen LogP contribution in [-0.4, -0.2) is 73.6 Å². The van der Waals surface area contributed by atoms with Crippen molar-refractivity contribution in [1.29, 1.82) is 0 Å². The Hall–Kier alpha value is -2.33. The molecule has 2 aliphatic rings. The number of halogens is 3. The van der Waals surface area contributed by atoms with E-state index in [-0.39, 0.29) is 49.0 Å². The van der Waals surface area contributed by atoms with Gasteiger partial charge < -0.3 is 24.4 Å². The molecular weight excluding hydrogens is 453 g/mol. The standard InChI is InChI=1S/C24H33F3N2O5/c1-23(2,3)19-18(34-16-7-11-28(4)12-8-16)6-5-17(21(30)31)20(19)29(22(32)24(25,26)27)15-9-13-33-14-10-15/h5-6,15-16H,7-14H2,1-4H3,(H,30,31). The number of alkyl halides is 3. The summed E-state index contributed by atoms with van der Waals surface area (Å²) in [5.74, 6) is -3.17. The number of carbonyl (C=O) groups excluding carboxylic acids is 1. The van der Waals surface area contributed by atoms with E-state index in [0.29, 0.717) is 10.6 Å². The highest BCUT2D eigenvalue weighted by molar-refractivity contribution is 6.06. The molecule has 2 fully saturated rings. The number of aromatic carboxylic acids is 1. The van der Waals surface area contributed by atoms with Crippen molar-refractivity contribution in [3.05, 3.63) is 23.3 Å². The third kappa shape index (κ3) is 5.83. The van der Waals surface area contributed by atoms with Gasteiger partial charge in [0.25, 0.3) is 0 Å². The number of piperidine rings is 1. The Kier molecular flexibility index (Phi) is 7.82. The summed E-state index contributed by atoms with van der Waals surface area (Å²) in [5.41, 5.74) is -1.11. The summed E-state index contributed by atoms with van der Waals surface area (Å²) in [5, 5.41) is 9.94. The van der Waals surface area contributed by atoms with Crippen molar-refractivity contribution in [3.8, 4) is 5.75 Å². The second-order valence-electron chi connectivity index (χ2n) is 10.0. The minimum Gasteiger partial charge on any atom is -0.490 e. The van der Waals surface area contributed by atoms with E-state index in [1.165, 1.54) is 12.1 Å². The van der Waals surface area contributed by atoms with Crippen LogP contribution in [0.2, 0.25) is 0 Å². The predicted octanol–water partition coefficient (Wildman–Crippen LogP) is 4.23. The van der Waals surface area contributed by atoms with Crippen molar-refractivity contribution in [2.75, 3.05) is 38.3 Å². The van der Waals surface area contributed by atoms with Gasteiger partial charge in [0.1, 0.15) is 11.9 Å². The van der Waals surface area contributed by atoms with E-state index >= 15 is 0 Å². The lowest BCUT2D eigenvalue weighted by atomic mass is 9.82. The molecule has 1 N–H and O–H groups in total. The lowest BCUT2D eigenvalue weighted by Crippen LogP contribution is -2.50. The van der Waals surface area contributed by atoms with Crippen LogP contribution in [0.1, 0.15) is 62.4 Å². The SMILES string of the molecule is CN1CCC(Oc2ccc(C(=O)O)c(N(C(=O)C(F)(F)F)C3CCOCC3)c2C(C)(C)C)CC1. The van der Waals surface area contributed by atoms with Crippen molar-refractivity contribution >= 4 is 17.6 Å². The van der Waals surface area contributed by atoms with Gasteiger partial charge in [-0.3, -0.25) is 4.79 Å². The summed E-state index contributed by atoms with van der Waals surface area (Å²) in [6.07, 6.45) is -3.51. The van der Waals surface area contributed by atoms with Gasteiger partial charge in [-0.1, -0.05) is 20.8 Å². The maximum absolute atomic E-state index is 13.8. The zero-order chi connectivity index (χ0) is 25.3. The van der Waals surface area contributed by atoms with Crippen molar-refractivity contribution in [2.45, 2.75) is 70.2 Å². The molecule has 0 bridgehead atoms. The first-order valence-corrected chi connectivity index (χ1v) is 11.5. The number of carbonyl (C=O) groups is 2. The minimum absolute atomic E-state index is 0.157. The number of anilines is 1. The second-order valence-corrected chi connectivity index (χ2v) is 10.0.